The first-order chi connectivity index (χ1) is 9.80. The number of pyridine rings is 1. The fraction of sp³-hybridized carbons (Fsp3) is 0.312. The van der Waals surface area contributed by atoms with Crippen LogP contribution >= 0.6 is 0 Å². The summed E-state index contributed by atoms with van der Waals surface area (Å²) in [5, 5.41) is 0. The maximum Gasteiger partial charge on any atom is 0.127 e. The minimum absolute atomic E-state index is 0.819. The Labute approximate surface area is 119 Å². The molecule has 0 aliphatic carbocycles. The zero-order chi connectivity index (χ0) is 13.9. The van der Waals surface area contributed by atoms with E-state index in [0.29, 0.717) is 0 Å². The lowest BCUT2D eigenvalue weighted by molar-refractivity contribution is 0.269. The van der Waals surface area contributed by atoms with Crippen molar-refractivity contribution < 1.29 is 9.47 Å². The molecular weight excluding hydrogens is 252 g/mol. The van der Waals surface area contributed by atoms with Gasteiger partial charge in [-0.1, -0.05) is 6.07 Å². The summed E-state index contributed by atoms with van der Waals surface area (Å²) in [6.07, 6.45) is 3.82. The Bertz CT molecular complexity index is 588. The molecule has 20 heavy (non-hydrogen) atoms. The smallest absolute Gasteiger partial charge is 0.127 e. The second-order valence-electron chi connectivity index (χ2n) is 4.97. The van der Waals surface area contributed by atoms with E-state index in [-0.39, 0.29) is 0 Å². The summed E-state index contributed by atoms with van der Waals surface area (Å²) in [5.41, 5.74) is 3.86. The van der Waals surface area contributed by atoms with E-state index < -0.39 is 0 Å². The summed E-state index contributed by atoms with van der Waals surface area (Å²) in [5.74, 6) is 1.69. The number of fused-ring (bicyclic) bond motifs is 1. The van der Waals surface area contributed by atoms with Crippen molar-refractivity contribution in [2.24, 2.45) is 0 Å². The third-order valence-electron chi connectivity index (χ3n) is 3.68. The molecule has 3 rings (SSSR count). The Morgan fingerprint density at radius 1 is 1.10 bits per heavy atom. The third kappa shape index (κ3) is 2.47. The number of methoxy groups -OCH3 is 2. The van der Waals surface area contributed by atoms with E-state index in [1.165, 1.54) is 16.7 Å². The van der Waals surface area contributed by atoms with Gasteiger partial charge in [0.1, 0.15) is 11.5 Å². The van der Waals surface area contributed by atoms with Crippen molar-refractivity contribution in [3.8, 4) is 11.5 Å². The number of ether oxygens (including phenoxy) is 2. The van der Waals surface area contributed by atoms with Crippen LogP contribution in [0, 0.1) is 0 Å². The molecule has 1 aliphatic heterocycles. The highest BCUT2D eigenvalue weighted by Gasteiger charge is 2.20. The van der Waals surface area contributed by atoms with Crippen molar-refractivity contribution >= 4 is 0 Å². The van der Waals surface area contributed by atoms with Crippen molar-refractivity contribution in [1.82, 2.24) is 9.88 Å². The van der Waals surface area contributed by atoms with Gasteiger partial charge in [0.15, 0.2) is 0 Å². The molecule has 0 unspecified atom stereocenters. The van der Waals surface area contributed by atoms with Crippen molar-refractivity contribution in [2.45, 2.75) is 19.6 Å². The van der Waals surface area contributed by atoms with Crippen LogP contribution < -0.4 is 9.47 Å². The maximum absolute atomic E-state index is 5.46. The standard InChI is InChI=1S/C16H18N2O2/c1-19-15-4-3-13(16(7-15)20-2)10-18-9-12-5-6-17-8-14(12)11-18/h3-8H,9-11H2,1-2H3. The highest BCUT2D eigenvalue weighted by molar-refractivity contribution is 5.41. The maximum atomic E-state index is 5.46. The van der Waals surface area contributed by atoms with Gasteiger partial charge in [0, 0.05) is 43.7 Å². The summed E-state index contributed by atoms with van der Waals surface area (Å²) < 4.78 is 10.7. The molecule has 0 atom stereocenters. The summed E-state index contributed by atoms with van der Waals surface area (Å²) >= 11 is 0. The number of aromatic nitrogens is 1. The molecule has 0 amide bonds. The molecule has 0 saturated carbocycles. The fourth-order valence-electron chi connectivity index (χ4n) is 2.63. The van der Waals surface area contributed by atoms with Crippen LogP contribution in [0.2, 0.25) is 0 Å². The Balaban J connectivity index is 1.76. The average Bonchev–Trinajstić information content (AvgIpc) is 2.90. The Morgan fingerprint density at radius 3 is 2.70 bits per heavy atom. The zero-order valence-electron chi connectivity index (χ0n) is 11.8. The van der Waals surface area contributed by atoms with Crippen LogP contribution in [0.4, 0.5) is 0 Å². The summed E-state index contributed by atoms with van der Waals surface area (Å²) in [7, 11) is 3.36. The topological polar surface area (TPSA) is 34.6 Å². The molecule has 1 aromatic carbocycles. The predicted molar refractivity (Wildman–Crippen MR) is 76.7 cm³/mol. The van der Waals surface area contributed by atoms with Gasteiger partial charge in [0.2, 0.25) is 0 Å². The summed E-state index contributed by atoms with van der Waals surface area (Å²) in [6, 6.07) is 8.07. The zero-order valence-corrected chi connectivity index (χ0v) is 11.8. The molecule has 104 valence electrons. The van der Waals surface area contributed by atoms with Gasteiger partial charge in [-0.15, -0.1) is 0 Å². The van der Waals surface area contributed by atoms with Gasteiger partial charge < -0.3 is 9.47 Å². The Morgan fingerprint density at radius 2 is 1.95 bits per heavy atom. The van der Waals surface area contributed by atoms with Gasteiger partial charge in [-0.2, -0.15) is 0 Å². The van der Waals surface area contributed by atoms with Gasteiger partial charge in [-0.25, -0.2) is 0 Å². The molecular formula is C16H18N2O2. The van der Waals surface area contributed by atoms with Crippen LogP contribution in [0.3, 0.4) is 0 Å². The second kappa shape index (κ2) is 5.51. The molecule has 0 N–H and O–H groups in total. The van der Waals surface area contributed by atoms with Crippen molar-refractivity contribution in [2.75, 3.05) is 14.2 Å². The Kier molecular flexibility index (Phi) is 3.56. The number of rotatable bonds is 4. The SMILES string of the molecule is COc1ccc(CN2Cc3ccncc3C2)c(OC)c1. The normalized spacial score (nSPS) is 14.1. The monoisotopic (exact) mass is 270 g/mol. The second-order valence-corrected chi connectivity index (χ2v) is 4.97. The Hall–Kier alpha value is -2.07. The van der Waals surface area contributed by atoms with Gasteiger partial charge >= 0.3 is 0 Å². The van der Waals surface area contributed by atoms with Crippen LogP contribution in [0.5, 0.6) is 11.5 Å². The quantitative estimate of drug-likeness (QED) is 0.855. The van der Waals surface area contributed by atoms with Crippen LogP contribution in [0.25, 0.3) is 0 Å². The summed E-state index contributed by atoms with van der Waals surface area (Å²) in [4.78, 5) is 6.57. The van der Waals surface area contributed by atoms with E-state index in [4.69, 9.17) is 9.47 Å². The van der Waals surface area contributed by atoms with Gasteiger partial charge in [-0.05, 0) is 23.3 Å². The lowest BCUT2D eigenvalue weighted by Gasteiger charge is -2.17. The van der Waals surface area contributed by atoms with E-state index >= 15 is 0 Å². The van der Waals surface area contributed by atoms with E-state index in [2.05, 4.69) is 22.0 Å². The molecule has 1 aromatic heterocycles. The van der Waals surface area contributed by atoms with Crippen LogP contribution in [-0.4, -0.2) is 24.1 Å². The molecule has 4 nitrogen and oxygen atoms in total. The average molecular weight is 270 g/mol. The molecule has 2 heterocycles. The number of hydrogen-bond donors (Lipinski definition) is 0. The lowest BCUT2D eigenvalue weighted by Crippen LogP contribution is -2.16. The minimum Gasteiger partial charge on any atom is -0.497 e. The van der Waals surface area contributed by atoms with Crippen molar-refractivity contribution in [3.63, 3.8) is 0 Å². The van der Waals surface area contributed by atoms with Crippen LogP contribution in [0.15, 0.2) is 36.7 Å². The number of nitrogens with zero attached hydrogens (tertiary/aromatic N) is 2. The van der Waals surface area contributed by atoms with E-state index in [1.54, 1.807) is 14.2 Å². The first-order valence-electron chi connectivity index (χ1n) is 6.65. The van der Waals surface area contributed by atoms with Crippen LogP contribution in [-0.2, 0) is 19.6 Å². The molecule has 0 saturated heterocycles. The van der Waals surface area contributed by atoms with E-state index in [0.717, 1.165) is 31.1 Å². The van der Waals surface area contributed by atoms with Gasteiger partial charge in [0.25, 0.3) is 0 Å². The number of hydrogen-bond acceptors (Lipinski definition) is 4. The predicted octanol–water partition coefficient (Wildman–Crippen LogP) is 2.61. The van der Waals surface area contributed by atoms with Gasteiger partial charge in [0.05, 0.1) is 14.2 Å². The molecule has 0 fully saturated rings. The molecule has 2 aromatic rings. The molecule has 0 radical (unpaired) electrons. The number of benzene rings is 1. The molecule has 1 aliphatic rings. The van der Waals surface area contributed by atoms with Crippen LogP contribution in [0.1, 0.15) is 16.7 Å². The first-order valence-corrected chi connectivity index (χ1v) is 6.65. The van der Waals surface area contributed by atoms with E-state index in [1.807, 2.05) is 24.5 Å². The van der Waals surface area contributed by atoms with Gasteiger partial charge in [-0.3, -0.25) is 9.88 Å². The third-order valence-corrected chi connectivity index (χ3v) is 3.68. The van der Waals surface area contributed by atoms with E-state index in [9.17, 15) is 0 Å². The highest BCUT2D eigenvalue weighted by atomic mass is 16.5. The lowest BCUT2D eigenvalue weighted by atomic mass is 10.2. The fourth-order valence-corrected chi connectivity index (χ4v) is 2.63. The molecule has 4 heteroatoms. The largest absolute Gasteiger partial charge is 0.497 e. The van der Waals surface area contributed by atoms with Crippen molar-refractivity contribution in [1.29, 1.82) is 0 Å². The molecule has 0 bridgehead atoms. The molecule has 0 spiro atoms. The highest BCUT2D eigenvalue weighted by Crippen LogP contribution is 2.29. The minimum atomic E-state index is 0.819. The van der Waals surface area contributed by atoms with Crippen molar-refractivity contribution in [3.05, 3.63) is 53.3 Å². The first kappa shape index (κ1) is 12.9. The summed E-state index contributed by atoms with van der Waals surface area (Å²) in [6.45, 7) is 2.77.